The number of carboxylic acids is 1. The van der Waals surface area contributed by atoms with E-state index in [1.165, 1.54) is 0 Å². The van der Waals surface area contributed by atoms with E-state index < -0.39 is 140 Å². The Morgan fingerprint density at radius 2 is 1.39 bits per heavy atom. The second-order valence-electron chi connectivity index (χ2n) is 22.3. The molecule has 18 nitrogen and oxygen atoms in total. The fourth-order valence-electron chi connectivity index (χ4n) is 14.5. The van der Waals surface area contributed by atoms with E-state index in [2.05, 4.69) is 40.7 Å². The molecule has 18 heteroatoms. The summed E-state index contributed by atoms with van der Waals surface area (Å²) in [6, 6.07) is 0. The highest BCUT2D eigenvalue weighted by atomic mass is 16.8. The van der Waals surface area contributed by atoms with Gasteiger partial charge in [-0.25, -0.2) is 0 Å². The monoisotopic (exact) mass is 912 g/mol. The van der Waals surface area contributed by atoms with Crippen LogP contribution >= 0.6 is 0 Å². The molecule has 5 aliphatic carbocycles. The van der Waals surface area contributed by atoms with Gasteiger partial charge in [0, 0.05) is 0 Å². The average molecular weight is 913 g/mol. The van der Waals surface area contributed by atoms with Crippen molar-refractivity contribution in [2.75, 3.05) is 19.8 Å². The van der Waals surface area contributed by atoms with E-state index in [1.807, 2.05) is 6.92 Å². The second kappa shape index (κ2) is 17.1. The Bertz CT molecular complexity index is 1780. The minimum atomic E-state index is -1.87. The van der Waals surface area contributed by atoms with Gasteiger partial charge in [-0.2, -0.15) is 0 Å². The van der Waals surface area contributed by atoms with Crippen LogP contribution in [-0.2, 0) is 38.0 Å². The SMILES string of the molecule is CC1(C)CC[C@@]2(C(=O)O)C(C1)C1=CCC3C4(C)CC[C@H](O[C@@H]5OC[C@@H](O)[C@H](O[C@@H]6OC[C@@H](O)[C@H](O)C6O)C5O[C@@H]5OC(CO)[C@H](O)[C@H](O)C5O)C(C)(C=O)[C@@H]4CCC3(C)C1(C)C[C@@H]2O. The number of hydrogen-bond donors (Lipinski definition) is 10. The lowest BCUT2D eigenvalue weighted by atomic mass is 9.33. The number of rotatable bonds is 9. The summed E-state index contributed by atoms with van der Waals surface area (Å²) < 4.78 is 36.3. The van der Waals surface area contributed by atoms with Crippen LogP contribution in [-0.4, -0.2) is 175 Å². The Hall–Kier alpha value is -1.72. The van der Waals surface area contributed by atoms with Crippen LogP contribution in [0.3, 0.4) is 0 Å². The average Bonchev–Trinajstić information content (AvgIpc) is 3.23. The molecule has 4 saturated carbocycles. The van der Waals surface area contributed by atoms with Gasteiger partial charge in [0.1, 0.15) is 72.7 Å². The normalized spacial score (nSPS) is 54.9. The molecule has 0 spiro atoms. The number of aliphatic carboxylic acids is 1. The maximum absolute atomic E-state index is 13.7. The Morgan fingerprint density at radius 3 is 2.06 bits per heavy atom. The summed E-state index contributed by atoms with van der Waals surface area (Å²) in [5.74, 6) is -1.39. The van der Waals surface area contributed by atoms with E-state index in [9.17, 15) is 60.7 Å². The fourth-order valence-corrected chi connectivity index (χ4v) is 14.5. The van der Waals surface area contributed by atoms with Crippen molar-refractivity contribution >= 4 is 12.3 Å². The highest BCUT2D eigenvalue weighted by Crippen LogP contribution is 2.76. The number of ether oxygens (including phenoxy) is 6. The summed E-state index contributed by atoms with van der Waals surface area (Å²) in [5, 5.41) is 107. The van der Waals surface area contributed by atoms with Crippen molar-refractivity contribution in [2.24, 2.45) is 50.2 Å². The number of carbonyl (C=O) groups excluding carboxylic acids is 1. The molecule has 8 rings (SSSR count). The molecule has 0 aromatic carbocycles. The van der Waals surface area contributed by atoms with Gasteiger partial charge in [0.05, 0.1) is 37.4 Å². The minimum absolute atomic E-state index is 0.0609. The number of fused-ring (bicyclic) bond motifs is 7. The largest absolute Gasteiger partial charge is 0.481 e. The van der Waals surface area contributed by atoms with Crippen molar-refractivity contribution in [3.63, 3.8) is 0 Å². The molecule has 0 radical (unpaired) electrons. The molecule has 364 valence electrons. The summed E-state index contributed by atoms with van der Waals surface area (Å²) in [6.45, 7) is 11.4. The first-order valence-electron chi connectivity index (χ1n) is 23.2. The molecule has 3 saturated heterocycles. The van der Waals surface area contributed by atoms with E-state index in [0.717, 1.165) is 18.3 Å². The van der Waals surface area contributed by atoms with Crippen molar-refractivity contribution in [3.8, 4) is 0 Å². The zero-order valence-electron chi connectivity index (χ0n) is 37.8. The first kappa shape index (κ1) is 48.7. The molecule has 23 atom stereocenters. The molecule has 10 unspecified atom stereocenters. The van der Waals surface area contributed by atoms with Crippen LogP contribution in [0.15, 0.2) is 11.6 Å². The van der Waals surface area contributed by atoms with Gasteiger partial charge in [-0.15, -0.1) is 0 Å². The molecule has 64 heavy (non-hydrogen) atoms. The van der Waals surface area contributed by atoms with Crippen LogP contribution in [0.1, 0.15) is 99.3 Å². The van der Waals surface area contributed by atoms with Gasteiger partial charge < -0.3 is 84.3 Å². The lowest BCUT2D eigenvalue weighted by Crippen LogP contribution is -2.68. The van der Waals surface area contributed by atoms with Gasteiger partial charge >= 0.3 is 5.97 Å². The molecular formula is C46H72O18. The third kappa shape index (κ3) is 7.31. The number of aliphatic hydroxyl groups excluding tert-OH is 9. The quantitative estimate of drug-likeness (QED) is 0.0836. The van der Waals surface area contributed by atoms with Gasteiger partial charge in [-0.05, 0) is 97.2 Å². The third-order valence-electron chi connectivity index (χ3n) is 18.6. The van der Waals surface area contributed by atoms with Crippen molar-refractivity contribution in [2.45, 2.75) is 191 Å². The predicted octanol–water partition coefficient (Wildman–Crippen LogP) is 0.134. The smallest absolute Gasteiger partial charge is 0.312 e. The van der Waals surface area contributed by atoms with Crippen molar-refractivity contribution in [3.05, 3.63) is 11.6 Å². The number of aldehydes is 1. The molecule has 0 aromatic rings. The number of carboxylic acid groups (broad SMARTS) is 1. The number of allylic oxidation sites excluding steroid dienone is 2. The van der Waals surface area contributed by atoms with E-state index in [4.69, 9.17) is 28.4 Å². The fraction of sp³-hybridized carbons (Fsp3) is 0.913. The predicted molar refractivity (Wildman–Crippen MR) is 220 cm³/mol. The van der Waals surface area contributed by atoms with Crippen LogP contribution in [0.4, 0.5) is 0 Å². The maximum atomic E-state index is 13.7. The molecule has 10 N–H and O–H groups in total. The molecule has 3 aliphatic heterocycles. The van der Waals surface area contributed by atoms with Gasteiger partial charge in [0.25, 0.3) is 0 Å². The third-order valence-corrected chi connectivity index (χ3v) is 18.6. The van der Waals surface area contributed by atoms with Crippen LogP contribution in [0.25, 0.3) is 0 Å². The number of hydrogen-bond acceptors (Lipinski definition) is 17. The Morgan fingerprint density at radius 1 is 0.734 bits per heavy atom. The minimum Gasteiger partial charge on any atom is -0.481 e. The van der Waals surface area contributed by atoms with Gasteiger partial charge in [0.15, 0.2) is 18.9 Å². The van der Waals surface area contributed by atoms with Crippen molar-refractivity contribution < 1.29 is 89.1 Å². The van der Waals surface area contributed by atoms with Crippen LogP contribution < -0.4 is 0 Å². The van der Waals surface area contributed by atoms with Crippen LogP contribution in [0.2, 0.25) is 0 Å². The number of carbonyl (C=O) groups is 2. The summed E-state index contributed by atoms with van der Waals surface area (Å²) in [7, 11) is 0. The Kier molecular flexibility index (Phi) is 13.0. The van der Waals surface area contributed by atoms with Gasteiger partial charge in [-0.3, -0.25) is 4.79 Å². The molecule has 7 fully saturated rings. The summed E-state index contributed by atoms with van der Waals surface area (Å²) in [4.78, 5) is 26.9. The molecule has 0 bridgehead atoms. The zero-order chi connectivity index (χ0) is 46.7. The second-order valence-corrected chi connectivity index (χ2v) is 22.3. The van der Waals surface area contributed by atoms with E-state index in [1.54, 1.807) is 0 Å². The summed E-state index contributed by atoms with van der Waals surface area (Å²) in [5.41, 5.74) is -2.56. The van der Waals surface area contributed by atoms with Crippen molar-refractivity contribution in [1.29, 1.82) is 0 Å². The van der Waals surface area contributed by atoms with Crippen LogP contribution in [0, 0.1) is 50.2 Å². The van der Waals surface area contributed by atoms with Crippen molar-refractivity contribution in [1.82, 2.24) is 0 Å². The Labute approximate surface area is 373 Å². The first-order valence-corrected chi connectivity index (χ1v) is 23.2. The number of aliphatic hydroxyl groups is 9. The Balaban J connectivity index is 1.09. The van der Waals surface area contributed by atoms with Gasteiger partial charge in [0.2, 0.25) is 0 Å². The molecule has 0 amide bonds. The molecule has 8 aliphatic rings. The zero-order valence-corrected chi connectivity index (χ0v) is 37.8. The lowest BCUT2D eigenvalue weighted by molar-refractivity contribution is -0.384. The standard InChI is InChI=1S/C46H72O18/c1-41(2)13-14-46(40(57)58)22(15-41)21-7-8-27-42(3)11-10-29(43(4,20-48)26(42)9-12-44(27,5)45(21,6)16-28(46)51)62-39-36(64-38-34(56)32(54)31(53)25(17-47)61-38)35(24(50)19-60-39)63-37-33(55)30(52)23(49)18-59-37/h7,20,22-39,47,49-56H,8-19H2,1-6H3,(H,57,58)/t22?,23-,24-,25?,26-,27?,28+,29+,30+,31+,32+,33?,34?,35+,36?,37+,38+,39+,42?,43?,44?,45?,46-/m1/s1. The highest BCUT2D eigenvalue weighted by Gasteiger charge is 2.72. The van der Waals surface area contributed by atoms with E-state index in [-0.39, 0.29) is 28.6 Å². The summed E-state index contributed by atoms with van der Waals surface area (Å²) in [6.07, 6.45) is -14.4. The molecular weight excluding hydrogens is 840 g/mol. The molecule has 0 aromatic heterocycles. The van der Waals surface area contributed by atoms with E-state index in [0.29, 0.717) is 51.4 Å². The highest BCUT2D eigenvalue weighted by molar-refractivity contribution is 5.77. The molecule has 3 heterocycles. The first-order chi connectivity index (χ1) is 29.9. The lowest BCUT2D eigenvalue weighted by Gasteiger charge is -2.71. The van der Waals surface area contributed by atoms with Crippen LogP contribution in [0.5, 0.6) is 0 Å². The summed E-state index contributed by atoms with van der Waals surface area (Å²) >= 11 is 0. The van der Waals surface area contributed by atoms with E-state index >= 15 is 0 Å². The maximum Gasteiger partial charge on any atom is 0.312 e. The topological polar surface area (TPSA) is 292 Å². The van der Waals surface area contributed by atoms with Gasteiger partial charge in [-0.1, -0.05) is 53.2 Å².